The van der Waals surface area contributed by atoms with E-state index in [1.165, 1.54) is 7.11 Å². The van der Waals surface area contributed by atoms with Crippen molar-refractivity contribution in [3.63, 3.8) is 0 Å². The van der Waals surface area contributed by atoms with Gasteiger partial charge in [0.2, 0.25) is 0 Å². The Kier molecular flexibility index (Phi) is 6.33. The standard InChI is InChI=1S/C19H20F2O4/c1-4-12-9-15(21)18(10-14(12)20)24-11-13-16(23-3)7-6-8-17(13)25-19(22)5-2/h6-10H,4-5,11H2,1-3H3. The van der Waals surface area contributed by atoms with Crippen molar-refractivity contribution in [3.8, 4) is 17.2 Å². The monoisotopic (exact) mass is 350 g/mol. The first-order valence-electron chi connectivity index (χ1n) is 7.97. The predicted molar refractivity (Wildman–Crippen MR) is 89.0 cm³/mol. The molecule has 0 spiro atoms. The predicted octanol–water partition coefficient (Wildman–Crippen LogP) is 4.43. The van der Waals surface area contributed by atoms with Crippen LogP contribution in [0, 0.1) is 11.6 Å². The zero-order chi connectivity index (χ0) is 18.4. The average molecular weight is 350 g/mol. The normalized spacial score (nSPS) is 10.4. The molecule has 0 N–H and O–H groups in total. The van der Waals surface area contributed by atoms with E-state index in [0.29, 0.717) is 17.7 Å². The molecule has 0 aliphatic rings. The van der Waals surface area contributed by atoms with E-state index < -0.39 is 17.6 Å². The fourth-order valence-corrected chi connectivity index (χ4v) is 2.27. The summed E-state index contributed by atoms with van der Waals surface area (Å²) in [5.74, 6) is -1.13. The Morgan fingerprint density at radius 3 is 2.40 bits per heavy atom. The molecule has 0 aromatic heterocycles. The van der Waals surface area contributed by atoms with Crippen LogP contribution in [0.1, 0.15) is 31.4 Å². The summed E-state index contributed by atoms with van der Waals surface area (Å²) in [6.45, 7) is 3.27. The van der Waals surface area contributed by atoms with Gasteiger partial charge < -0.3 is 14.2 Å². The second-order valence-electron chi connectivity index (χ2n) is 5.28. The number of carbonyl (C=O) groups excluding carboxylic acids is 1. The van der Waals surface area contributed by atoms with E-state index in [1.807, 2.05) is 0 Å². The van der Waals surface area contributed by atoms with Crippen LogP contribution in [0.3, 0.4) is 0 Å². The van der Waals surface area contributed by atoms with Gasteiger partial charge >= 0.3 is 5.97 Å². The Morgan fingerprint density at radius 2 is 1.76 bits per heavy atom. The number of benzene rings is 2. The third-order valence-electron chi connectivity index (χ3n) is 3.68. The van der Waals surface area contributed by atoms with Gasteiger partial charge in [-0.05, 0) is 30.2 Å². The molecule has 0 saturated heterocycles. The molecule has 0 aliphatic heterocycles. The Balaban J connectivity index is 2.28. The number of esters is 1. The van der Waals surface area contributed by atoms with Crippen molar-refractivity contribution >= 4 is 5.97 Å². The molecule has 0 unspecified atom stereocenters. The van der Waals surface area contributed by atoms with Crippen molar-refractivity contribution in [3.05, 3.63) is 53.1 Å². The lowest BCUT2D eigenvalue weighted by atomic mass is 10.1. The second-order valence-corrected chi connectivity index (χ2v) is 5.28. The number of carbonyl (C=O) groups is 1. The molecule has 0 saturated carbocycles. The van der Waals surface area contributed by atoms with Crippen LogP contribution in [0.2, 0.25) is 0 Å². The molecule has 6 heteroatoms. The largest absolute Gasteiger partial charge is 0.496 e. The van der Waals surface area contributed by atoms with Crippen molar-refractivity contribution in [1.29, 1.82) is 0 Å². The van der Waals surface area contributed by atoms with Gasteiger partial charge in [0.25, 0.3) is 0 Å². The van der Waals surface area contributed by atoms with Crippen LogP contribution in [0.15, 0.2) is 30.3 Å². The first kappa shape index (κ1) is 18.7. The van der Waals surface area contributed by atoms with Crippen LogP contribution in [-0.4, -0.2) is 13.1 Å². The topological polar surface area (TPSA) is 44.8 Å². The zero-order valence-electron chi connectivity index (χ0n) is 14.4. The molecule has 2 rings (SSSR count). The molecule has 0 bridgehead atoms. The maximum absolute atomic E-state index is 14.1. The molecule has 2 aromatic carbocycles. The highest BCUT2D eigenvalue weighted by molar-refractivity contribution is 5.72. The molecule has 134 valence electrons. The number of aryl methyl sites for hydroxylation is 1. The third-order valence-corrected chi connectivity index (χ3v) is 3.68. The van der Waals surface area contributed by atoms with Gasteiger partial charge in [0.05, 0.1) is 12.7 Å². The molecule has 0 atom stereocenters. The summed E-state index contributed by atoms with van der Waals surface area (Å²) in [5.41, 5.74) is 0.714. The average Bonchev–Trinajstić information content (AvgIpc) is 2.62. The quantitative estimate of drug-likeness (QED) is 0.547. The summed E-state index contributed by atoms with van der Waals surface area (Å²) in [6, 6.07) is 7.05. The van der Waals surface area contributed by atoms with Crippen molar-refractivity contribution in [2.45, 2.75) is 33.3 Å². The maximum Gasteiger partial charge on any atom is 0.310 e. The van der Waals surface area contributed by atoms with E-state index in [-0.39, 0.29) is 30.1 Å². The van der Waals surface area contributed by atoms with Gasteiger partial charge in [-0.3, -0.25) is 4.79 Å². The minimum atomic E-state index is -0.653. The molecular weight excluding hydrogens is 330 g/mol. The minimum Gasteiger partial charge on any atom is -0.496 e. The van der Waals surface area contributed by atoms with Crippen LogP contribution >= 0.6 is 0 Å². The van der Waals surface area contributed by atoms with Crippen LogP contribution in [0.25, 0.3) is 0 Å². The minimum absolute atomic E-state index is 0.141. The summed E-state index contributed by atoms with van der Waals surface area (Å²) in [4.78, 5) is 11.6. The lowest BCUT2D eigenvalue weighted by molar-refractivity contribution is -0.134. The molecule has 0 heterocycles. The van der Waals surface area contributed by atoms with Crippen LogP contribution in [-0.2, 0) is 17.8 Å². The van der Waals surface area contributed by atoms with Gasteiger partial charge in [-0.25, -0.2) is 8.78 Å². The highest BCUT2D eigenvalue weighted by atomic mass is 19.1. The molecule has 0 fully saturated rings. The fourth-order valence-electron chi connectivity index (χ4n) is 2.27. The zero-order valence-corrected chi connectivity index (χ0v) is 14.4. The van der Waals surface area contributed by atoms with E-state index in [4.69, 9.17) is 14.2 Å². The van der Waals surface area contributed by atoms with Gasteiger partial charge in [0.1, 0.15) is 23.9 Å². The third kappa shape index (κ3) is 4.47. The number of hydrogen-bond acceptors (Lipinski definition) is 4. The summed E-state index contributed by atoms with van der Waals surface area (Å²) in [5, 5.41) is 0. The molecule has 0 amide bonds. The number of rotatable bonds is 7. The Labute approximate surface area is 145 Å². The SMILES string of the molecule is CCC(=O)Oc1cccc(OC)c1COc1cc(F)c(CC)cc1F. The Morgan fingerprint density at radius 1 is 1.04 bits per heavy atom. The number of methoxy groups -OCH3 is 1. The Hall–Kier alpha value is -2.63. The van der Waals surface area contributed by atoms with E-state index in [1.54, 1.807) is 32.0 Å². The van der Waals surface area contributed by atoms with Gasteiger partial charge in [0, 0.05) is 12.5 Å². The highest BCUT2D eigenvalue weighted by Crippen LogP contribution is 2.31. The van der Waals surface area contributed by atoms with E-state index in [2.05, 4.69) is 0 Å². The second kappa shape index (κ2) is 8.46. The molecule has 0 aliphatic carbocycles. The summed E-state index contributed by atoms with van der Waals surface area (Å²) < 4.78 is 43.8. The van der Waals surface area contributed by atoms with Gasteiger partial charge in [-0.2, -0.15) is 0 Å². The fraction of sp³-hybridized carbons (Fsp3) is 0.316. The van der Waals surface area contributed by atoms with E-state index in [9.17, 15) is 13.6 Å². The lowest BCUT2D eigenvalue weighted by Gasteiger charge is -2.15. The first-order valence-corrected chi connectivity index (χ1v) is 7.97. The summed E-state index contributed by atoms with van der Waals surface area (Å²) in [7, 11) is 1.46. The number of halogens is 2. The van der Waals surface area contributed by atoms with Crippen molar-refractivity contribution in [1.82, 2.24) is 0 Å². The molecule has 4 nitrogen and oxygen atoms in total. The van der Waals surface area contributed by atoms with Gasteiger partial charge in [0.15, 0.2) is 11.6 Å². The van der Waals surface area contributed by atoms with Crippen LogP contribution in [0.5, 0.6) is 17.2 Å². The van der Waals surface area contributed by atoms with Gasteiger partial charge in [-0.1, -0.05) is 19.9 Å². The van der Waals surface area contributed by atoms with Crippen molar-refractivity contribution < 1.29 is 27.8 Å². The number of hydrogen-bond donors (Lipinski definition) is 0. The smallest absolute Gasteiger partial charge is 0.310 e. The van der Waals surface area contributed by atoms with Crippen LogP contribution in [0.4, 0.5) is 8.78 Å². The molecule has 2 aromatic rings. The highest BCUT2D eigenvalue weighted by Gasteiger charge is 2.16. The van der Waals surface area contributed by atoms with Gasteiger partial charge in [-0.15, -0.1) is 0 Å². The number of ether oxygens (including phenoxy) is 3. The molecule has 25 heavy (non-hydrogen) atoms. The maximum atomic E-state index is 14.1. The molecular formula is C19H20F2O4. The van der Waals surface area contributed by atoms with Crippen molar-refractivity contribution in [2.24, 2.45) is 0 Å². The van der Waals surface area contributed by atoms with Crippen molar-refractivity contribution in [2.75, 3.05) is 7.11 Å². The van der Waals surface area contributed by atoms with E-state index >= 15 is 0 Å². The lowest BCUT2D eigenvalue weighted by Crippen LogP contribution is -2.10. The Bertz CT molecular complexity index is 759. The first-order chi connectivity index (χ1) is 12.0. The molecule has 0 radical (unpaired) electrons. The van der Waals surface area contributed by atoms with E-state index in [0.717, 1.165) is 12.1 Å². The van der Waals surface area contributed by atoms with Crippen LogP contribution < -0.4 is 14.2 Å². The summed E-state index contributed by atoms with van der Waals surface area (Å²) >= 11 is 0. The summed E-state index contributed by atoms with van der Waals surface area (Å²) in [6.07, 6.45) is 0.586.